The molecule has 0 saturated carbocycles. The Morgan fingerprint density at radius 2 is 1.62 bits per heavy atom. The average molecular weight is 417 g/mol. The summed E-state index contributed by atoms with van der Waals surface area (Å²) in [6.07, 6.45) is 3.33. The highest BCUT2D eigenvalue weighted by molar-refractivity contribution is 7.89. The van der Waals surface area contributed by atoms with Crippen molar-refractivity contribution in [1.29, 1.82) is 0 Å². The van der Waals surface area contributed by atoms with Gasteiger partial charge in [0.2, 0.25) is 21.9 Å². The Bertz CT molecular complexity index is 971. The third kappa shape index (κ3) is 4.96. The van der Waals surface area contributed by atoms with E-state index in [4.69, 9.17) is 0 Å². The molecule has 0 unspecified atom stereocenters. The van der Waals surface area contributed by atoms with Gasteiger partial charge in [0, 0.05) is 44.1 Å². The Morgan fingerprint density at radius 3 is 2.17 bits per heavy atom. The van der Waals surface area contributed by atoms with E-state index in [2.05, 4.69) is 14.7 Å². The Hall–Kier alpha value is -2.85. The second-order valence-corrected chi connectivity index (χ2v) is 8.50. The van der Waals surface area contributed by atoms with Gasteiger partial charge < -0.3 is 9.80 Å². The van der Waals surface area contributed by atoms with E-state index in [1.54, 1.807) is 23.4 Å². The van der Waals surface area contributed by atoms with Crippen LogP contribution in [-0.4, -0.2) is 67.2 Å². The molecule has 2 heterocycles. The zero-order chi connectivity index (χ0) is 21.0. The molecule has 0 radical (unpaired) electrons. The van der Waals surface area contributed by atoms with E-state index >= 15 is 0 Å². The van der Waals surface area contributed by atoms with Crippen molar-refractivity contribution in [3.8, 4) is 0 Å². The fourth-order valence-corrected chi connectivity index (χ4v) is 4.27. The minimum absolute atomic E-state index is 0.00759. The molecule has 2 aromatic rings. The minimum atomic E-state index is -3.88. The molecule has 0 bridgehead atoms. The van der Waals surface area contributed by atoms with Crippen molar-refractivity contribution < 1.29 is 18.0 Å². The molecule has 1 aromatic heterocycles. The molecule has 3 rings (SSSR count). The van der Waals surface area contributed by atoms with Crippen molar-refractivity contribution >= 4 is 27.7 Å². The highest BCUT2D eigenvalue weighted by atomic mass is 32.2. The van der Waals surface area contributed by atoms with E-state index in [-0.39, 0.29) is 16.6 Å². The summed E-state index contributed by atoms with van der Waals surface area (Å²) in [6.45, 7) is 4.99. The summed E-state index contributed by atoms with van der Waals surface area (Å²) >= 11 is 0. The molecule has 1 aliphatic heterocycles. The van der Waals surface area contributed by atoms with Gasteiger partial charge in [-0.15, -0.1) is 0 Å². The quantitative estimate of drug-likeness (QED) is 0.688. The third-order valence-corrected chi connectivity index (χ3v) is 6.26. The lowest BCUT2D eigenvalue weighted by atomic mass is 10.2. The summed E-state index contributed by atoms with van der Waals surface area (Å²) in [7, 11) is -3.88. The van der Waals surface area contributed by atoms with Crippen LogP contribution in [-0.2, 0) is 14.8 Å². The second-order valence-electron chi connectivity index (χ2n) is 6.78. The number of aromatic nitrogens is 2. The maximum atomic E-state index is 12.7. The molecule has 0 aliphatic carbocycles. The van der Waals surface area contributed by atoms with Crippen LogP contribution in [0.3, 0.4) is 0 Å². The molecule has 1 aromatic carbocycles. The van der Waals surface area contributed by atoms with Crippen LogP contribution in [0.15, 0.2) is 47.6 Å². The van der Waals surface area contributed by atoms with Gasteiger partial charge in [0.05, 0.1) is 10.9 Å². The molecule has 10 heteroatoms. The largest absolute Gasteiger partial charge is 0.338 e. The van der Waals surface area contributed by atoms with Crippen molar-refractivity contribution in [3.05, 3.63) is 48.3 Å². The second kappa shape index (κ2) is 8.66. The molecule has 9 nitrogen and oxygen atoms in total. The maximum absolute atomic E-state index is 12.7. The van der Waals surface area contributed by atoms with Gasteiger partial charge >= 0.3 is 0 Å². The van der Waals surface area contributed by atoms with Crippen molar-refractivity contribution in [1.82, 2.24) is 19.6 Å². The molecule has 29 heavy (non-hydrogen) atoms. The van der Waals surface area contributed by atoms with E-state index < -0.39 is 16.1 Å². The van der Waals surface area contributed by atoms with E-state index in [0.717, 1.165) is 0 Å². The zero-order valence-electron chi connectivity index (χ0n) is 16.3. The third-order valence-electron chi connectivity index (χ3n) is 4.70. The summed E-state index contributed by atoms with van der Waals surface area (Å²) < 4.78 is 27.5. The van der Waals surface area contributed by atoms with Crippen molar-refractivity contribution in [2.24, 2.45) is 0 Å². The molecule has 0 spiro atoms. The number of carbonyl (C=O) groups is 2. The van der Waals surface area contributed by atoms with Crippen LogP contribution in [0.1, 0.15) is 24.2 Å². The Kier molecular flexibility index (Phi) is 6.23. The average Bonchev–Trinajstić information content (AvgIpc) is 2.73. The fraction of sp³-hybridized carbons (Fsp3) is 0.368. The Labute approximate surface area is 169 Å². The number of benzene rings is 1. The molecular formula is C19H23N5O4S. The molecular weight excluding hydrogens is 394 g/mol. The number of hydrogen-bond acceptors (Lipinski definition) is 7. The molecule has 154 valence electrons. The van der Waals surface area contributed by atoms with Crippen LogP contribution >= 0.6 is 0 Å². The van der Waals surface area contributed by atoms with E-state index in [0.29, 0.717) is 37.7 Å². The molecule has 1 fully saturated rings. The minimum Gasteiger partial charge on any atom is -0.338 e. The van der Waals surface area contributed by atoms with Gasteiger partial charge in [-0.3, -0.25) is 9.59 Å². The summed E-state index contributed by atoms with van der Waals surface area (Å²) in [5.74, 6) is 0.176. The number of amides is 1. The Balaban J connectivity index is 1.59. The monoisotopic (exact) mass is 417 g/mol. The summed E-state index contributed by atoms with van der Waals surface area (Å²) in [6, 6.07) is 6.45. The van der Waals surface area contributed by atoms with Crippen LogP contribution in [0.2, 0.25) is 0 Å². The highest BCUT2D eigenvalue weighted by Gasteiger charge is 2.28. The van der Waals surface area contributed by atoms with Crippen LogP contribution in [0.5, 0.6) is 0 Å². The molecule has 1 amide bonds. The van der Waals surface area contributed by atoms with Crippen molar-refractivity contribution in [2.75, 3.05) is 31.1 Å². The molecule has 1 N–H and O–H groups in total. The van der Waals surface area contributed by atoms with Crippen LogP contribution in [0, 0.1) is 0 Å². The number of hydrogen-bond donors (Lipinski definition) is 1. The van der Waals surface area contributed by atoms with Gasteiger partial charge in [-0.25, -0.2) is 18.4 Å². The van der Waals surface area contributed by atoms with Gasteiger partial charge in [0.25, 0.3) is 0 Å². The van der Waals surface area contributed by atoms with Crippen molar-refractivity contribution in [3.63, 3.8) is 0 Å². The summed E-state index contributed by atoms with van der Waals surface area (Å²) in [5, 5.41) is 0. The number of ketones is 1. The van der Waals surface area contributed by atoms with E-state index in [1.807, 2.05) is 4.90 Å². The van der Waals surface area contributed by atoms with E-state index in [1.165, 1.54) is 38.1 Å². The molecule has 1 aliphatic rings. The molecule has 1 atom stereocenters. The SMILES string of the molecule is CC(=O)c1ccc(S(=O)(=O)N[C@@H](C)C(=O)N2CCN(c3ncccn3)CC2)cc1. The lowest BCUT2D eigenvalue weighted by Gasteiger charge is -2.35. The van der Waals surface area contributed by atoms with Crippen molar-refractivity contribution in [2.45, 2.75) is 24.8 Å². The smallest absolute Gasteiger partial charge is 0.241 e. The number of carbonyl (C=O) groups excluding carboxylic acids is 2. The topological polar surface area (TPSA) is 113 Å². The van der Waals surface area contributed by atoms with Crippen LogP contribution in [0.4, 0.5) is 5.95 Å². The van der Waals surface area contributed by atoms with Gasteiger partial charge in [0.15, 0.2) is 5.78 Å². The zero-order valence-corrected chi connectivity index (χ0v) is 17.1. The first-order valence-corrected chi connectivity index (χ1v) is 10.7. The normalized spacial score (nSPS) is 15.8. The van der Waals surface area contributed by atoms with Gasteiger partial charge in [0.1, 0.15) is 0 Å². The number of piperazine rings is 1. The summed E-state index contributed by atoms with van der Waals surface area (Å²) in [5.41, 5.74) is 0.424. The summed E-state index contributed by atoms with van der Waals surface area (Å²) in [4.78, 5) is 36.1. The van der Waals surface area contributed by atoms with Crippen LogP contribution < -0.4 is 9.62 Å². The number of rotatable bonds is 6. The lowest BCUT2D eigenvalue weighted by molar-refractivity contribution is -0.132. The number of Topliss-reactive ketones (excluding diaryl/α,β-unsaturated/α-hetero) is 1. The lowest BCUT2D eigenvalue weighted by Crippen LogP contribution is -2.54. The maximum Gasteiger partial charge on any atom is 0.241 e. The van der Waals surface area contributed by atoms with Gasteiger partial charge in [-0.2, -0.15) is 4.72 Å². The first-order chi connectivity index (χ1) is 13.8. The Morgan fingerprint density at radius 1 is 1.03 bits per heavy atom. The van der Waals surface area contributed by atoms with Gasteiger partial charge in [-0.05, 0) is 32.0 Å². The van der Waals surface area contributed by atoms with Crippen LogP contribution in [0.25, 0.3) is 0 Å². The number of anilines is 1. The fourth-order valence-electron chi connectivity index (χ4n) is 3.08. The number of nitrogens with one attached hydrogen (secondary N) is 1. The van der Waals surface area contributed by atoms with Gasteiger partial charge in [-0.1, -0.05) is 12.1 Å². The van der Waals surface area contributed by atoms with E-state index in [9.17, 15) is 18.0 Å². The number of nitrogens with zero attached hydrogens (tertiary/aromatic N) is 4. The highest BCUT2D eigenvalue weighted by Crippen LogP contribution is 2.14. The first-order valence-electron chi connectivity index (χ1n) is 9.22. The number of sulfonamides is 1. The first kappa shape index (κ1) is 20.9. The molecule has 1 saturated heterocycles. The predicted molar refractivity (Wildman–Crippen MR) is 107 cm³/mol. The standard InChI is InChI=1S/C19H23N5O4S/c1-14(22-29(27,28)17-6-4-16(5-7-17)15(2)25)18(26)23-10-12-24(13-11-23)19-20-8-3-9-21-19/h3-9,14,22H,10-13H2,1-2H3/t14-/m0/s1. The predicted octanol–water partition coefficient (Wildman–Crippen LogP) is 0.695.